The number of aliphatic hydroxyl groups is 1. The molecule has 1 saturated carbocycles. The molecule has 0 bridgehead atoms. The molecule has 1 N–H and O–H groups in total. The molecule has 2 aromatic rings. The molecular weight excluding hydrogens is 226 g/mol. The van der Waals surface area contributed by atoms with Crippen LogP contribution in [-0.4, -0.2) is 19.9 Å². The number of hydrogen-bond acceptors (Lipinski definition) is 3. The summed E-state index contributed by atoms with van der Waals surface area (Å²) >= 11 is 0. The lowest BCUT2D eigenvalue weighted by atomic mass is 10.0. The predicted octanol–water partition coefficient (Wildman–Crippen LogP) is 1.97. The van der Waals surface area contributed by atoms with Crippen LogP contribution in [0.4, 0.5) is 0 Å². The number of benzene rings is 1. The summed E-state index contributed by atoms with van der Waals surface area (Å²) in [5.74, 6) is 1.52. The van der Waals surface area contributed by atoms with Gasteiger partial charge in [0.15, 0.2) is 0 Å². The van der Waals surface area contributed by atoms with Crippen LogP contribution in [0.15, 0.2) is 30.6 Å². The maximum atomic E-state index is 10.3. The van der Waals surface area contributed by atoms with E-state index < -0.39 is 6.10 Å². The van der Waals surface area contributed by atoms with Crippen molar-refractivity contribution in [3.05, 3.63) is 47.5 Å². The summed E-state index contributed by atoms with van der Waals surface area (Å²) < 4.78 is 1.70. The number of rotatable bonds is 4. The van der Waals surface area contributed by atoms with Gasteiger partial charge in [0.25, 0.3) is 0 Å². The van der Waals surface area contributed by atoms with Gasteiger partial charge in [0.05, 0.1) is 6.10 Å². The molecule has 1 heterocycles. The van der Waals surface area contributed by atoms with Crippen LogP contribution in [0.25, 0.3) is 0 Å². The van der Waals surface area contributed by atoms with Crippen LogP contribution >= 0.6 is 0 Å². The van der Waals surface area contributed by atoms with Crippen LogP contribution in [0.1, 0.15) is 41.8 Å². The van der Waals surface area contributed by atoms with Gasteiger partial charge in [-0.25, -0.2) is 4.98 Å². The van der Waals surface area contributed by atoms with Crippen molar-refractivity contribution < 1.29 is 5.11 Å². The van der Waals surface area contributed by atoms with Gasteiger partial charge in [0.2, 0.25) is 0 Å². The molecule has 0 spiro atoms. The lowest BCUT2D eigenvalue weighted by Gasteiger charge is -2.11. The van der Waals surface area contributed by atoms with Crippen LogP contribution in [0.2, 0.25) is 0 Å². The van der Waals surface area contributed by atoms with E-state index in [2.05, 4.69) is 22.2 Å². The third-order valence-electron chi connectivity index (χ3n) is 3.53. The number of aromatic nitrogens is 3. The third-order valence-corrected chi connectivity index (χ3v) is 3.53. The molecule has 1 aliphatic carbocycles. The quantitative estimate of drug-likeness (QED) is 0.893. The van der Waals surface area contributed by atoms with Gasteiger partial charge in [-0.05, 0) is 29.9 Å². The van der Waals surface area contributed by atoms with Crippen molar-refractivity contribution in [3.63, 3.8) is 0 Å². The summed E-state index contributed by atoms with van der Waals surface area (Å²) in [6.45, 7) is 0. The zero-order chi connectivity index (χ0) is 12.5. The van der Waals surface area contributed by atoms with E-state index >= 15 is 0 Å². The van der Waals surface area contributed by atoms with Crippen LogP contribution in [0, 0.1) is 0 Å². The zero-order valence-electron chi connectivity index (χ0n) is 10.5. The molecule has 0 aliphatic heterocycles. The van der Waals surface area contributed by atoms with Gasteiger partial charge in [0.1, 0.15) is 12.2 Å². The van der Waals surface area contributed by atoms with Gasteiger partial charge in [-0.15, -0.1) is 0 Å². The first-order valence-electron chi connectivity index (χ1n) is 6.35. The Morgan fingerprint density at radius 1 is 1.44 bits per heavy atom. The highest BCUT2D eigenvalue weighted by Crippen LogP contribution is 2.40. The first-order chi connectivity index (χ1) is 8.74. The van der Waals surface area contributed by atoms with E-state index in [4.69, 9.17) is 0 Å². The predicted molar refractivity (Wildman–Crippen MR) is 68.1 cm³/mol. The highest BCUT2D eigenvalue weighted by atomic mass is 16.3. The average molecular weight is 243 g/mol. The molecular formula is C14H17N3O. The minimum absolute atomic E-state index is 0.505. The van der Waals surface area contributed by atoms with Gasteiger partial charge < -0.3 is 5.11 Å². The lowest BCUT2D eigenvalue weighted by molar-refractivity contribution is 0.174. The van der Waals surface area contributed by atoms with E-state index in [1.54, 1.807) is 4.68 Å². The fraction of sp³-hybridized carbons (Fsp3) is 0.429. The van der Waals surface area contributed by atoms with Gasteiger partial charge in [-0.1, -0.05) is 24.3 Å². The minimum Gasteiger partial charge on any atom is -0.388 e. The summed E-state index contributed by atoms with van der Waals surface area (Å²) in [6.07, 6.45) is 4.07. The van der Waals surface area contributed by atoms with Crippen molar-refractivity contribution in [1.82, 2.24) is 14.8 Å². The summed E-state index contributed by atoms with van der Waals surface area (Å²) in [7, 11) is 1.84. The second kappa shape index (κ2) is 4.53. The zero-order valence-corrected chi connectivity index (χ0v) is 10.5. The maximum absolute atomic E-state index is 10.3. The second-order valence-corrected chi connectivity index (χ2v) is 4.96. The Hall–Kier alpha value is -1.68. The number of aliphatic hydroxyl groups excluding tert-OH is 1. The fourth-order valence-corrected chi connectivity index (χ4v) is 2.23. The van der Waals surface area contributed by atoms with E-state index in [-0.39, 0.29) is 0 Å². The first-order valence-corrected chi connectivity index (χ1v) is 6.35. The second-order valence-electron chi connectivity index (χ2n) is 4.96. The van der Waals surface area contributed by atoms with Crippen molar-refractivity contribution in [2.24, 2.45) is 7.05 Å². The Morgan fingerprint density at radius 2 is 2.28 bits per heavy atom. The van der Waals surface area contributed by atoms with E-state index in [1.807, 2.05) is 19.2 Å². The average Bonchev–Trinajstić information content (AvgIpc) is 3.16. The van der Waals surface area contributed by atoms with Crippen LogP contribution in [-0.2, 0) is 13.5 Å². The Morgan fingerprint density at radius 3 is 2.94 bits per heavy atom. The summed E-state index contributed by atoms with van der Waals surface area (Å²) in [6, 6.07) is 8.28. The molecule has 1 aliphatic rings. The molecule has 3 rings (SSSR count). The standard InChI is InChI=1S/C14H17N3O/c1-17-14(15-9-16-17)8-13(18)12-4-2-3-11(7-12)10-5-6-10/h2-4,7,9-10,13,18H,5-6,8H2,1H3. The first kappa shape index (κ1) is 11.4. The van der Waals surface area contributed by atoms with E-state index in [0.717, 1.165) is 11.4 Å². The molecule has 1 atom stereocenters. The fourth-order valence-electron chi connectivity index (χ4n) is 2.23. The van der Waals surface area contributed by atoms with Gasteiger partial charge in [-0.3, -0.25) is 4.68 Å². The third kappa shape index (κ3) is 2.29. The van der Waals surface area contributed by atoms with Crippen molar-refractivity contribution in [2.45, 2.75) is 31.3 Å². The summed E-state index contributed by atoms with van der Waals surface area (Å²) in [5, 5.41) is 14.3. The minimum atomic E-state index is -0.508. The molecule has 1 aromatic carbocycles. The van der Waals surface area contributed by atoms with Gasteiger partial charge >= 0.3 is 0 Å². The SMILES string of the molecule is Cn1ncnc1CC(O)c1cccc(C2CC2)c1. The Kier molecular flexibility index (Phi) is 2.88. The molecule has 0 saturated heterocycles. The molecule has 1 unspecified atom stereocenters. The Labute approximate surface area is 106 Å². The molecule has 4 nitrogen and oxygen atoms in total. The largest absolute Gasteiger partial charge is 0.388 e. The van der Waals surface area contributed by atoms with Gasteiger partial charge in [-0.2, -0.15) is 5.10 Å². The number of hydrogen-bond donors (Lipinski definition) is 1. The smallest absolute Gasteiger partial charge is 0.138 e. The molecule has 18 heavy (non-hydrogen) atoms. The van der Waals surface area contributed by atoms with Crippen molar-refractivity contribution in [2.75, 3.05) is 0 Å². The monoisotopic (exact) mass is 243 g/mol. The van der Waals surface area contributed by atoms with Crippen molar-refractivity contribution >= 4 is 0 Å². The van der Waals surface area contributed by atoms with E-state index in [9.17, 15) is 5.11 Å². The normalized spacial score (nSPS) is 16.8. The van der Waals surface area contributed by atoms with Crippen LogP contribution in [0.3, 0.4) is 0 Å². The molecule has 1 aromatic heterocycles. The van der Waals surface area contributed by atoms with Crippen molar-refractivity contribution in [1.29, 1.82) is 0 Å². The summed E-state index contributed by atoms with van der Waals surface area (Å²) in [5.41, 5.74) is 2.33. The molecule has 94 valence electrons. The van der Waals surface area contributed by atoms with Crippen molar-refractivity contribution in [3.8, 4) is 0 Å². The summed E-state index contributed by atoms with van der Waals surface area (Å²) in [4.78, 5) is 4.14. The van der Waals surface area contributed by atoms with Gasteiger partial charge in [0, 0.05) is 13.5 Å². The lowest BCUT2D eigenvalue weighted by Crippen LogP contribution is -2.07. The molecule has 4 heteroatoms. The van der Waals surface area contributed by atoms with E-state index in [1.165, 1.54) is 24.7 Å². The highest BCUT2D eigenvalue weighted by Gasteiger charge is 2.24. The Bertz CT molecular complexity index is 545. The highest BCUT2D eigenvalue weighted by molar-refractivity contribution is 5.30. The van der Waals surface area contributed by atoms with Crippen LogP contribution in [0.5, 0.6) is 0 Å². The molecule has 0 radical (unpaired) electrons. The molecule has 1 fully saturated rings. The Balaban J connectivity index is 1.77. The number of nitrogens with zero attached hydrogens (tertiary/aromatic N) is 3. The maximum Gasteiger partial charge on any atom is 0.138 e. The van der Waals surface area contributed by atoms with Crippen LogP contribution < -0.4 is 0 Å². The molecule has 0 amide bonds. The van der Waals surface area contributed by atoms with E-state index in [0.29, 0.717) is 12.3 Å². The number of aryl methyl sites for hydroxylation is 1. The topological polar surface area (TPSA) is 50.9 Å².